The lowest BCUT2D eigenvalue weighted by molar-refractivity contribution is -0.140. The standard InChI is InChI=1S/C33H39Cl2N3O5S/c1-3-43-28-17-15-27(16-18-28)38(44(2,41)42)23-32(39)37(22-25-14-19-29(34)30(35)20-25)31(21-24-10-6-4-7-11-24)33(40)36-26-12-8-5-9-13-26/h4,6-7,10-11,14-20,26,31H,3,5,8-9,12-13,21-23H2,1-2H3,(H,36,40). The number of sulfonamides is 1. The number of benzene rings is 3. The summed E-state index contributed by atoms with van der Waals surface area (Å²) in [6, 6.07) is 20.1. The molecule has 0 radical (unpaired) electrons. The zero-order chi connectivity index (χ0) is 31.7. The van der Waals surface area contributed by atoms with Gasteiger partial charge in [0.25, 0.3) is 0 Å². The van der Waals surface area contributed by atoms with Crippen molar-refractivity contribution in [2.45, 2.75) is 64.1 Å². The van der Waals surface area contributed by atoms with Crippen LogP contribution >= 0.6 is 23.2 Å². The third-order valence-electron chi connectivity index (χ3n) is 7.67. The van der Waals surface area contributed by atoms with Crippen molar-refractivity contribution >= 4 is 50.7 Å². The summed E-state index contributed by atoms with van der Waals surface area (Å²) in [4.78, 5) is 29.8. The van der Waals surface area contributed by atoms with Crippen LogP contribution in [0.25, 0.3) is 0 Å². The van der Waals surface area contributed by atoms with Crippen LogP contribution in [0.1, 0.15) is 50.2 Å². The molecule has 1 unspecified atom stereocenters. The van der Waals surface area contributed by atoms with Crippen LogP contribution in [0.5, 0.6) is 5.75 Å². The SMILES string of the molecule is CCOc1ccc(N(CC(=O)N(Cc2ccc(Cl)c(Cl)c2)C(Cc2ccccc2)C(=O)NC2CCCCC2)S(C)(=O)=O)cc1. The molecular weight excluding hydrogens is 621 g/mol. The molecule has 0 heterocycles. The van der Waals surface area contributed by atoms with Gasteiger partial charge in [0.15, 0.2) is 0 Å². The smallest absolute Gasteiger partial charge is 0.244 e. The van der Waals surface area contributed by atoms with Gasteiger partial charge in [-0.25, -0.2) is 8.42 Å². The van der Waals surface area contributed by atoms with Gasteiger partial charge in [0.1, 0.15) is 18.3 Å². The number of halogens is 2. The van der Waals surface area contributed by atoms with E-state index in [9.17, 15) is 18.0 Å². The highest BCUT2D eigenvalue weighted by atomic mass is 35.5. The molecule has 1 saturated carbocycles. The van der Waals surface area contributed by atoms with Crippen LogP contribution in [0.3, 0.4) is 0 Å². The Morgan fingerprint density at radius 3 is 2.23 bits per heavy atom. The zero-order valence-corrected chi connectivity index (χ0v) is 27.4. The maximum Gasteiger partial charge on any atom is 0.244 e. The van der Waals surface area contributed by atoms with Crippen LogP contribution in [0.2, 0.25) is 10.0 Å². The number of hydrogen-bond donors (Lipinski definition) is 1. The van der Waals surface area contributed by atoms with Crippen LogP contribution in [-0.2, 0) is 32.6 Å². The topological polar surface area (TPSA) is 96.0 Å². The number of nitrogens with zero attached hydrogens (tertiary/aromatic N) is 2. The van der Waals surface area contributed by atoms with Crippen LogP contribution in [0, 0.1) is 0 Å². The summed E-state index contributed by atoms with van der Waals surface area (Å²) in [7, 11) is -3.88. The van der Waals surface area contributed by atoms with Crippen molar-refractivity contribution in [1.29, 1.82) is 0 Å². The van der Waals surface area contributed by atoms with E-state index in [1.165, 1.54) is 4.90 Å². The van der Waals surface area contributed by atoms with Gasteiger partial charge >= 0.3 is 0 Å². The average molecular weight is 661 g/mol. The van der Waals surface area contributed by atoms with Gasteiger partial charge in [-0.2, -0.15) is 0 Å². The van der Waals surface area contributed by atoms with Gasteiger partial charge in [0, 0.05) is 19.0 Å². The predicted molar refractivity (Wildman–Crippen MR) is 176 cm³/mol. The van der Waals surface area contributed by atoms with Gasteiger partial charge in [0.05, 0.1) is 28.6 Å². The first-order valence-electron chi connectivity index (χ1n) is 14.8. The lowest BCUT2D eigenvalue weighted by atomic mass is 9.94. The molecule has 3 aromatic carbocycles. The molecule has 0 aliphatic heterocycles. The predicted octanol–water partition coefficient (Wildman–Crippen LogP) is 6.25. The summed E-state index contributed by atoms with van der Waals surface area (Å²) in [6.45, 7) is 1.83. The largest absolute Gasteiger partial charge is 0.494 e. The second-order valence-corrected chi connectivity index (χ2v) is 13.7. The fourth-order valence-electron chi connectivity index (χ4n) is 5.42. The Kier molecular flexibility index (Phi) is 11.9. The van der Waals surface area contributed by atoms with Crippen molar-refractivity contribution in [3.63, 3.8) is 0 Å². The van der Waals surface area contributed by atoms with E-state index in [0.717, 1.165) is 48.2 Å². The third-order valence-corrected chi connectivity index (χ3v) is 9.55. The van der Waals surface area contributed by atoms with Crippen LogP contribution in [0.4, 0.5) is 5.69 Å². The first kappa shape index (κ1) is 33.6. The molecule has 0 saturated heterocycles. The van der Waals surface area contributed by atoms with E-state index in [0.29, 0.717) is 33.7 Å². The Morgan fingerprint density at radius 2 is 1.61 bits per heavy atom. The van der Waals surface area contributed by atoms with Crippen molar-refractivity contribution in [3.05, 3.63) is 94.0 Å². The number of amides is 2. The van der Waals surface area contributed by atoms with E-state index in [2.05, 4.69) is 5.32 Å². The highest BCUT2D eigenvalue weighted by Gasteiger charge is 2.34. The minimum Gasteiger partial charge on any atom is -0.494 e. The number of hydrogen-bond acceptors (Lipinski definition) is 5. The molecule has 1 aliphatic carbocycles. The molecule has 3 aromatic rings. The second-order valence-electron chi connectivity index (χ2n) is 11.0. The van der Waals surface area contributed by atoms with Crippen molar-refractivity contribution in [1.82, 2.24) is 10.2 Å². The van der Waals surface area contributed by atoms with Crippen LogP contribution < -0.4 is 14.4 Å². The molecule has 0 bridgehead atoms. The van der Waals surface area contributed by atoms with Crippen LogP contribution in [0.15, 0.2) is 72.8 Å². The maximum atomic E-state index is 14.3. The van der Waals surface area contributed by atoms with Crippen molar-refractivity contribution in [2.24, 2.45) is 0 Å². The molecule has 1 fully saturated rings. The summed E-state index contributed by atoms with van der Waals surface area (Å²) in [6.07, 6.45) is 6.26. The fourth-order valence-corrected chi connectivity index (χ4v) is 6.59. The van der Waals surface area contributed by atoms with E-state index < -0.39 is 28.5 Å². The van der Waals surface area contributed by atoms with Gasteiger partial charge in [-0.1, -0.05) is 78.9 Å². The number of carbonyl (C=O) groups excluding carboxylic acids is 2. The summed E-state index contributed by atoms with van der Waals surface area (Å²) >= 11 is 12.5. The summed E-state index contributed by atoms with van der Waals surface area (Å²) in [5.41, 5.74) is 1.84. The maximum absolute atomic E-state index is 14.3. The molecule has 4 rings (SSSR count). The lowest BCUT2D eigenvalue weighted by Crippen LogP contribution is -2.55. The number of nitrogens with one attached hydrogen (secondary N) is 1. The second kappa shape index (κ2) is 15.6. The molecule has 0 spiro atoms. The Morgan fingerprint density at radius 1 is 0.932 bits per heavy atom. The van der Waals surface area contributed by atoms with E-state index >= 15 is 0 Å². The average Bonchev–Trinajstić information content (AvgIpc) is 3.00. The van der Waals surface area contributed by atoms with E-state index in [1.807, 2.05) is 37.3 Å². The number of rotatable bonds is 13. The zero-order valence-electron chi connectivity index (χ0n) is 25.0. The van der Waals surface area contributed by atoms with E-state index in [1.54, 1.807) is 42.5 Å². The molecule has 11 heteroatoms. The Bertz CT molecular complexity index is 1510. The van der Waals surface area contributed by atoms with Crippen LogP contribution in [-0.4, -0.2) is 56.6 Å². The van der Waals surface area contributed by atoms with Crippen molar-refractivity contribution < 1.29 is 22.7 Å². The summed E-state index contributed by atoms with van der Waals surface area (Å²) in [5.74, 6) is -0.226. The van der Waals surface area contributed by atoms with Crippen molar-refractivity contribution in [2.75, 3.05) is 23.7 Å². The first-order valence-corrected chi connectivity index (χ1v) is 17.4. The normalized spacial score (nSPS) is 14.5. The highest BCUT2D eigenvalue weighted by molar-refractivity contribution is 7.92. The number of carbonyl (C=O) groups is 2. The molecule has 0 aromatic heterocycles. The Balaban J connectivity index is 1.72. The van der Waals surface area contributed by atoms with E-state index in [4.69, 9.17) is 27.9 Å². The van der Waals surface area contributed by atoms with Gasteiger partial charge in [0.2, 0.25) is 21.8 Å². The fraction of sp³-hybridized carbons (Fsp3) is 0.394. The Hall–Kier alpha value is -3.27. The minimum atomic E-state index is -3.88. The minimum absolute atomic E-state index is 0.0200. The van der Waals surface area contributed by atoms with Crippen molar-refractivity contribution in [3.8, 4) is 5.75 Å². The molecule has 1 aliphatic rings. The molecule has 44 heavy (non-hydrogen) atoms. The molecule has 2 amide bonds. The molecule has 1 N–H and O–H groups in total. The van der Waals surface area contributed by atoms with Gasteiger partial charge < -0.3 is 15.0 Å². The van der Waals surface area contributed by atoms with Gasteiger partial charge in [-0.05, 0) is 67.3 Å². The molecular formula is C33H39Cl2N3O5S. The van der Waals surface area contributed by atoms with Gasteiger partial charge in [-0.3, -0.25) is 13.9 Å². The number of ether oxygens (including phenoxy) is 1. The summed E-state index contributed by atoms with van der Waals surface area (Å²) in [5, 5.41) is 3.87. The van der Waals surface area contributed by atoms with Gasteiger partial charge in [-0.15, -0.1) is 0 Å². The Labute approximate surface area is 270 Å². The first-order chi connectivity index (χ1) is 21.0. The summed E-state index contributed by atoms with van der Waals surface area (Å²) < 4.78 is 32.6. The highest BCUT2D eigenvalue weighted by Crippen LogP contribution is 2.26. The molecule has 236 valence electrons. The monoisotopic (exact) mass is 659 g/mol. The van der Waals surface area contributed by atoms with E-state index in [-0.39, 0.29) is 24.9 Å². The third kappa shape index (κ3) is 9.36. The lowest BCUT2D eigenvalue weighted by Gasteiger charge is -2.35. The number of anilines is 1. The molecule has 1 atom stereocenters. The quantitative estimate of drug-likeness (QED) is 0.234. The molecule has 8 nitrogen and oxygen atoms in total.